The van der Waals surface area contributed by atoms with Crippen molar-refractivity contribution in [2.45, 2.75) is 51.9 Å². The number of hydrogen-bond acceptors (Lipinski definition) is 1. The lowest BCUT2D eigenvalue weighted by molar-refractivity contribution is 0.662. The molecule has 1 heteroatoms. The highest BCUT2D eigenvalue weighted by molar-refractivity contribution is 5.56. The highest BCUT2D eigenvalue weighted by Gasteiger charge is 2.11. The molecule has 0 radical (unpaired) electrons. The molecule has 0 bridgehead atoms. The van der Waals surface area contributed by atoms with Gasteiger partial charge in [-0.1, -0.05) is 38.3 Å². The van der Waals surface area contributed by atoms with Crippen molar-refractivity contribution in [3.63, 3.8) is 0 Å². The first-order valence-corrected chi connectivity index (χ1v) is 6.76. The smallest absolute Gasteiger partial charge is 0.0375 e. The van der Waals surface area contributed by atoms with E-state index < -0.39 is 0 Å². The van der Waals surface area contributed by atoms with Crippen LogP contribution in [0.5, 0.6) is 0 Å². The minimum Gasteiger partial charge on any atom is -0.385 e. The van der Waals surface area contributed by atoms with E-state index in [-0.39, 0.29) is 0 Å². The summed E-state index contributed by atoms with van der Waals surface area (Å²) in [4.78, 5) is 0. The number of unbranched alkanes of at least 4 members (excludes halogenated alkanes) is 3. The Bertz CT molecular complexity index is 330. The highest BCUT2D eigenvalue weighted by Crippen LogP contribution is 2.26. The average molecular weight is 217 g/mol. The molecule has 1 nitrogen and oxygen atoms in total. The molecule has 0 spiro atoms. The van der Waals surface area contributed by atoms with Gasteiger partial charge in [-0.05, 0) is 42.9 Å². The lowest BCUT2D eigenvalue weighted by atomic mass is 9.94. The van der Waals surface area contributed by atoms with Gasteiger partial charge in [0, 0.05) is 12.2 Å². The van der Waals surface area contributed by atoms with Gasteiger partial charge in [-0.3, -0.25) is 0 Å². The van der Waals surface area contributed by atoms with E-state index in [0.29, 0.717) is 0 Å². The third-order valence-electron chi connectivity index (χ3n) is 3.49. The van der Waals surface area contributed by atoms with Gasteiger partial charge in [-0.25, -0.2) is 0 Å². The summed E-state index contributed by atoms with van der Waals surface area (Å²) in [7, 11) is 0. The molecule has 1 aromatic rings. The van der Waals surface area contributed by atoms with Crippen molar-refractivity contribution in [1.82, 2.24) is 0 Å². The van der Waals surface area contributed by atoms with Crippen LogP contribution in [0.2, 0.25) is 0 Å². The van der Waals surface area contributed by atoms with Gasteiger partial charge in [0.05, 0.1) is 0 Å². The van der Waals surface area contributed by atoms with E-state index in [0.717, 1.165) is 6.54 Å². The molecule has 0 saturated heterocycles. The van der Waals surface area contributed by atoms with E-state index >= 15 is 0 Å². The van der Waals surface area contributed by atoms with Crippen molar-refractivity contribution in [2.24, 2.45) is 0 Å². The Balaban J connectivity index is 1.97. The van der Waals surface area contributed by atoms with Crippen molar-refractivity contribution < 1.29 is 0 Å². The van der Waals surface area contributed by atoms with Crippen LogP contribution < -0.4 is 5.32 Å². The molecule has 1 aliphatic heterocycles. The van der Waals surface area contributed by atoms with Crippen molar-refractivity contribution in [2.75, 3.05) is 11.9 Å². The van der Waals surface area contributed by atoms with Gasteiger partial charge in [0.25, 0.3) is 0 Å². The van der Waals surface area contributed by atoms with Crippen LogP contribution in [0.3, 0.4) is 0 Å². The topological polar surface area (TPSA) is 12.0 Å². The van der Waals surface area contributed by atoms with Gasteiger partial charge >= 0.3 is 0 Å². The second-order valence-corrected chi connectivity index (χ2v) is 4.78. The largest absolute Gasteiger partial charge is 0.385 e. The van der Waals surface area contributed by atoms with Crippen molar-refractivity contribution in [3.05, 3.63) is 29.3 Å². The summed E-state index contributed by atoms with van der Waals surface area (Å²) in [6, 6.07) is 6.74. The Labute approximate surface area is 99.3 Å². The molecule has 1 aliphatic rings. The Kier molecular flexibility index (Phi) is 4.26. The standard InChI is InChI=1S/C15H23N/c1-2-3-4-5-8-13-9-6-11-15-14(13)10-7-12-16-15/h6,9,11,16H,2-5,7-8,10,12H2,1H3. The van der Waals surface area contributed by atoms with E-state index in [2.05, 4.69) is 30.4 Å². The normalized spacial score (nSPS) is 14.3. The number of hydrogen-bond donors (Lipinski definition) is 1. The predicted octanol–water partition coefficient (Wildman–Crippen LogP) is 4.17. The summed E-state index contributed by atoms with van der Waals surface area (Å²) in [5, 5.41) is 3.50. The first-order chi connectivity index (χ1) is 7.92. The molecule has 0 atom stereocenters. The maximum Gasteiger partial charge on any atom is 0.0375 e. The second kappa shape index (κ2) is 5.93. The molecule has 1 aromatic carbocycles. The number of rotatable bonds is 5. The van der Waals surface area contributed by atoms with Gasteiger partial charge in [-0.15, -0.1) is 0 Å². The number of benzene rings is 1. The number of anilines is 1. The van der Waals surface area contributed by atoms with E-state index in [9.17, 15) is 0 Å². The minimum atomic E-state index is 1.15. The quantitative estimate of drug-likeness (QED) is 0.730. The summed E-state index contributed by atoms with van der Waals surface area (Å²) in [6.45, 7) is 3.42. The van der Waals surface area contributed by atoms with Gasteiger partial charge in [0.2, 0.25) is 0 Å². The molecule has 2 rings (SSSR count). The van der Waals surface area contributed by atoms with E-state index in [4.69, 9.17) is 0 Å². The summed E-state index contributed by atoms with van der Waals surface area (Å²) < 4.78 is 0. The molecule has 0 aromatic heterocycles. The Morgan fingerprint density at radius 2 is 2.12 bits per heavy atom. The summed E-state index contributed by atoms with van der Waals surface area (Å²) in [5.74, 6) is 0. The Hall–Kier alpha value is -0.980. The van der Waals surface area contributed by atoms with Crippen LogP contribution in [0.4, 0.5) is 5.69 Å². The van der Waals surface area contributed by atoms with Crippen LogP contribution in [0.1, 0.15) is 50.2 Å². The molecular weight excluding hydrogens is 194 g/mol. The van der Waals surface area contributed by atoms with E-state index in [1.165, 1.54) is 50.6 Å². The fraction of sp³-hybridized carbons (Fsp3) is 0.600. The van der Waals surface area contributed by atoms with Crippen LogP contribution in [0.15, 0.2) is 18.2 Å². The number of nitrogens with one attached hydrogen (secondary N) is 1. The molecule has 88 valence electrons. The molecule has 0 saturated carbocycles. The molecular formula is C15H23N. The Morgan fingerprint density at radius 3 is 3.00 bits per heavy atom. The highest BCUT2D eigenvalue weighted by atomic mass is 14.9. The van der Waals surface area contributed by atoms with Crippen molar-refractivity contribution >= 4 is 5.69 Å². The zero-order valence-corrected chi connectivity index (χ0v) is 10.4. The number of aryl methyl sites for hydroxylation is 1. The fourth-order valence-electron chi connectivity index (χ4n) is 2.56. The zero-order valence-electron chi connectivity index (χ0n) is 10.4. The molecule has 0 unspecified atom stereocenters. The summed E-state index contributed by atoms with van der Waals surface area (Å²) in [5.41, 5.74) is 4.56. The van der Waals surface area contributed by atoms with E-state index in [1.807, 2.05) is 0 Å². The van der Waals surface area contributed by atoms with Gasteiger partial charge in [0.1, 0.15) is 0 Å². The Morgan fingerprint density at radius 1 is 1.19 bits per heavy atom. The lowest BCUT2D eigenvalue weighted by Crippen LogP contribution is -2.13. The van der Waals surface area contributed by atoms with Crippen molar-refractivity contribution in [1.29, 1.82) is 0 Å². The van der Waals surface area contributed by atoms with Crippen LogP contribution in [0, 0.1) is 0 Å². The summed E-state index contributed by atoms with van der Waals surface area (Å²) >= 11 is 0. The molecule has 1 N–H and O–H groups in total. The predicted molar refractivity (Wildman–Crippen MR) is 71.1 cm³/mol. The molecule has 16 heavy (non-hydrogen) atoms. The number of fused-ring (bicyclic) bond motifs is 1. The lowest BCUT2D eigenvalue weighted by Gasteiger charge is -2.21. The van der Waals surface area contributed by atoms with Crippen LogP contribution in [-0.4, -0.2) is 6.54 Å². The molecule has 1 heterocycles. The third-order valence-corrected chi connectivity index (χ3v) is 3.49. The first kappa shape index (κ1) is 11.5. The van der Waals surface area contributed by atoms with Crippen LogP contribution >= 0.6 is 0 Å². The molecule has 0 aliphatic carbocycles. The van der Waals surface area contributed by atoms with Gasteiger partial charge in [0.15, 0.2) is 0 Å². The summed E-state index contributed by atoms with van der Waals surface area (Å²) in [6.07, 6.45) is 9.27. The van der Waals surface area contributed by atoms with Crippen LogP contribution in [-0.2, 0) is 12.8 Å². The van der Waals surface area contributed by atoms with Crippen LogP contribution in [0.25, 0.3) is 0 Å². The van der Waals surface area contributed by atoms with Gasteiger partial charge in [-0.2, -0.15) is 0 Å². The fourth-order valence-corrected chi connectivity index (χ4v) is 2.56. The molecule has 0 amide bonds. The van der Waals surface area contributed by atoms with E-state index in [1.54, 1.807) is 11.1 Å². The second-order valence-electron chi connectivity index (χ2n) is 4.78. The SMILES string of the molecule is CCCCCCc1cccc2c1CCCN2. The molecule has 0 fully saturated rings. The zero-order chi connectivity index (χ0) is 11.2. The van der Waals surface area contributed by atoms with Gasteiger partial charge < -0.3 is 5.32 Å². The monoisotopic (exact) mass is 217 g/mol. The first-order valence-electron chi connectivity index (χ1n) is 6.76. The average Bonchev–Trinajstić information content (AvgIpc) is 2.35. The van der Waals surface area contributed by atoms with Crippen molar-refractivity contribution in [3.8, 4) is 0 Å². The maximum absolute atomic E-state index is 3.50. The minimum absolute atomic E-state index is 1.15. The maximum atomic E-state index is 3.50. The third kappa shape index (κ3) is 2.78.